The van der Waals surface area contributed by atoms with Crippen molar-refractivity contribution in [2.24, 2.45) is 17.8 Å². The first kappa shape index (κ1) is 15.0. The van der Waals surface area contributed by atoms with E-state index in [-0.39, 0.29) is 0 Å². The normalized spacial score (nSPS) is 32.5. The highest BCUT2D eigenvalue weighted by atomic mass is 127. The summed E-state index contributed by atoms with van der Waals surface area (Å²) in [6.45, 7) is 13.8. The van der Waals surface area contributed by atoms with Gasteiger partial charge in [-0.15, -0.1) is 0 Å². The van der Waals surface area contributed by atoms with Crippen molar-refractivity contribution in [1.82, 2.24) is 9.80 Å². The smallest absolute Gasteiger partial charge is 0.0590 e. The van der Waals surface area contributed by atoms with Crippen LogP contribution in [0.3, 0.4) is 0 Å². The molecule has 2 aliphatic rings. The van der Waals surface area contributed by atoms with Crippen LogP contribution >= 0.6 is 22.6 Å². The van der Waals surface area contributed by atoms with Gasteiger partial charge >= 0.3 is 0 Å². The van der Waals surface area contributed by atoms with Crippen molar-refractivity contribution in [3.05, 3.63) is 0 Å². The zero-order chi connectivity index (χ0) is 13.1. The molecule has 106 valence electrons. The number of hydrogen-bond donors (Lipinski definition) is 0. The second-order valence-corrected chi connectivity index (χ2v) is 8.57. The molecule has 0 aromatic rings. The van der Waals surface area contributed by atoms with Crippen molar-refractivity contribution >= 4 is 22.6 Å². The fourth-order valence-corrected chi connectivity index (χ4v) is 4.14. The lowest BCUT2D eigenvalue weighted by Crippen LogP contribution is -2.31. The van der Waals surface area contributed by atoms with Gasteiger partial charge in [0.1, 0.15) is 0 Å². The molecule has 18 heavy (non-hydrogen) atoms. The third kappa shape index (κ3) is 4.34. The molecular formula is C15H29IN2. The maximum Gasteiger partial charge on any atom is 0.0590 e. The summed E-state index contributed by atoms with van der Waals surface area (Å²) in [6, 6.07) is 0. The predicted octanol–water partition coefficient (Wildman–Crippen LogP) is 3.46. The maximum atomic E-state index is 2.74. The van der Waals surface area contributed by atoms with E-state index in [1.54, 1.807) is 0 Å². The maximum absolute atomic E-state index is 2.74. The van der Waals surface area contributed by atoms with E-state index in [9.17, 15) is 0 Å². The van der Waals surface area contributed by atoms with Crippen LogP contribution in [0.25, 0.3) is 0 Å². The molecule has 0 bridgehead atoms. The van der Waals surface area contributed by atoms with Gasteiger partial charge in [-0.25, -0.2) is 0 Å². The van der Waals surface area contributed by atoms with Gasteiger partial charge in [0, 0.05) is 19.6 Å². The first-order chi connectivity index (χ1) is 8.54. The fraction of sp³-hybridized carbons (Fsp3) is 1.00. The fourth-order valence-electron chi connectivity index (χ4n) is 3.64. The average molecular weight is 364 g/mol. The van der Waals surface area contributed by atoms with Crippen LogP contribution < -0.4 is 0 Å². The van der Waals surface area contributed by atoms with E-state index in [1.807, 2.05) is 0 Å². The highest BCUT2D eigenvalue weighted by molar-refractivity contribution is 14.1. The molecule has 3 atom stereocenters. The van der Waals surface area contributed by atoms with Gasteiger partial charge in [0.15, 0.2) is 0 Å². The molecule has 2 saturated heterocycles. The van der Waals surface area contributed by atoms with Crippen molar-refractivity contribution in [3.8, 4) is 0 Å². The molecule has 0 saturated carbocycles. The summed E-state index contributed by atoms with van der Waals surface area (Å²) in [7, 11) is 0. The average Bonchev–Trinajstić information content (AvgIpc) is 2.88. The summed E-state index contributed by atoms with van der Waals surface area (Å²) in [5.41, 5.74) is 0. The van der Waals surface area contributed by atoms with Crippen LogP contribution in [0.15, 0.2) is 0 Å². The minimum atomic E-state index is 0.708. The van der Waals surface area contributed by atoms with Crippen LogP contribution in [0.1, 0.15) is 40.0 Å². The summed E-state index contributed by atoms with van der Waals surface area (Å²) in [5.74, 6) is 2.78. The van der Waals surface area contributed by atoms with Crippen molar-refractivity contribution < 1.29 is 0 Å². The first-order valence-corrected chi connectivity index (χ1v) is 8.89. The number of likely N-dealkylation sites (tertiary alicyclic amines) is 2. The third-order valence-electron chi connectivity index (χ3n) is 4.51. The number of nitrogens with zero attached hydrogens (tertiary/aromatic N) is 2. The summed E-state index contributed by atoms with van der Waals surface area (Å²) in [6.07, 6.45) is 4.29. The zero-order valence-electron chi connectivity index (χ0n) is 12.2. The molecule has 0 spiro atoms. The molecular weight excluding hydrogens is 335 g/mol. The standard InChI is InChI=1S/C15H29IN2/c1-12(2)8-14-4-6-17(9-14)10-15-5-7-18(11-15)13(3)16/h12-15H,4-11H2,1-3H3. The third-order valence-corrected chi connectivity index (χ3v) is 5.30. The molecule has 0 N–H and O–H groups in total. The van der Waals surface area contributed by atoms with E-state index < -0.39 is 0 Å². The number of alkyl halides is 1. The molecule has 2 aliphatic heterocycles. The van der Waals surface area contributed by atoms with Crippen molar-refractivity contribution in [3.63, 3.8) is 0 Å². The molecule has 0 aliphatic carbocycles. The summed E-state index contributed by atoms with van der Waals surface area (Å²) < 4.78 is 0.708. The first-order valence-electron chi connectivity index (χ1n) is 7.65. The molecule has 0 radical (unpaired) electrons. The Morgan fingerprint density at radius 2 is 1.78 bits per heavy atom. The molecule has 2 fully saturated rings. The van der Waals surface area contributed by atoms with E-state index >= 15 is 0 Å². The highest BCUT2D eigenvalue weighted by Crippen LogP contribution is 2.27. The van der Waals surface area contributed by atoms with E-state index in [4.69, 9.17) is 0 Å². The Bertz CT molecular complexity index is 255. The van der Waals surface area contributed by atoms with Gasteiger partial charge in [-0.1, -0.05) is 36.4 Å². The van der Waals surface area contributed by atoms with Crippen molar-refractivity contribution in [2.75, 3.05) is 32.7 Å². The van der Waals surface area contributed by atoms with Gasteiger partial charge < -0.3 is 4.90 Å². The Kier molecular flexibility index (Phi) is 5.76. The largest absolute Gasteiger partial charge is 0.303 e. The highest BCUT2D eigenvalue weighted by Gasteiger charge is 2.29. The monoisotopic (exact) mass is 364 g/mol. The predicted molar refractivity (Wildman–Crippen MR) is 87.2 cm³/mol. The van der Waals surface area contributed by atoms with Crippen molar-refractivity contribution in [2.45, 2.75) is 44.1 Å². The van der Waals surface area contributed by atoms with Gasteiger partial charge in [0.2, 0.25) is 0 Å². The lowest BCUT2D eigenvalue weighted by Gasteiger charge is -2.22. The van der Waals surface area contributed by atoms with E-state index in [0.29, 0.717) is 4.05 Å². The van der Waals surface area contributed by atoms with Crippen LogP contribution in [0, 0.1) is 17.8 Å². The Balaban J connectivity index is 1.69. The number of halogens is 1. The van der Waals surface area contributed by atoms with Gasteiger partial charge in [-0.3, -0.25) is 4.90 Å². The van der Waals surface area contributed by atoms with Gasteiger partial charge in [0.25, 0.3) is 0 Å². The minimum absolute atomic E-state index is 0.708. The van der Waals surface area contributed by atoms with Crippen LogP contribution in [-0.2, 0) is 0 Å². The van der Waals surface area contributed by atoms with Crippen LogP contribution in [0.5, 0.6) is 0 Å². The van der Waals surface area contributed by atoms with Gasteiger partial charge in [0.05, 0.1) is 4.05 Å². The second-order valence-electron chi connectivity index (χ2n) is 6.77. The Labute approximate surface area is 127 Å². The van der Waals surface area contributed by atoms with E-state index in [0.717, 1.165) is 17.8 Å². The van der Waals surface area contributed by atoms with Crippen LogP contribution in [-0.4, -0.2) is 46.6 Å². The zero-order valence-corrected chi connectivity index (χ0v) is 14.4. The van der Waals surface area contributed by atoms with Crippen molar-refractivity contribution in [1.29, 1.82) is 0 Å². The molecule has 0 amide bonds. The SMILES string of the molecule is CC(C)CC1CCN(CC2CCN(C(C)I)C2)C1. The molecule has 3 unspecified atom stereocenters. The molecule has 0 aromatic heterocycles. The minimum Gasteiger partial charge on any atom is -0.303 e. The quantitative estimate of drug-likeness (QED) is 0.419. The lowest BCUT2D eigenvalue weighted by atomic mass is 9.97. The second kappa shape index (κ2) is 6.89. The Morgan fingerprint density at radius 1 is 1.06 bits per heavy atom. The van der Waals surface area contributed by atoms with Gasteiger partial charge in [-0.2, -0.15) is 0 Å². The topological polar surface area (TPSA) is 6.48 Å². The summed E-state index contributed by atoms with van der Waals surface area (Å²) in [4.78, 5) is 5.37. The van der Waals surface area contributed by atoms with E-state index in [1.165, 1.54) is 52.0 Å². The number of hydrogen-bond acceptors (Lipinski definition) is 2. The van der Waals surface area contributed by atoms with Crippen LogP contribution in [0.4, 0.5) is 0 Å². The summed E-state index contributed by atoms with van der Waals surface area (Å²) in [5, 5.41) is 0. The van der Waals surface area contributed by atoms with E-state index in [2.05, 4.69) is 53.2 Å². The van der Waals surface area contributed by atoms with Crippen LogP contribution in [0.2, 0.25) is 0 Å². The molecule has 0 aromatic carbocycles. The van der Waals surface area contributed by atoms with Gasteiger partial charge in [-0.05, 0) is 57.0 Å². The number of rotatable bonds is 5. The lowest BCUT2D eigenvalue weighted by molar-refractivity contribution is 0.253. The summed E-state index contributed by atoms with van der Waals surface area (Å²) >= 11 is 2.55. The molecule has 2 heterocycles. The molecule has 3 heteroatoms. The Morgan fingerprint density at radius 3 is 2.39 bits per heavy atom. The molecule has 2 nitrogen and oxygen atoms in total. The molecule has 2 rings (SSSR count). The Hall–Kier alpha value is 0.650.